The monoisotopic (exact) mass is 295 g/mol. The molecule has 1 aromatic rings. The minimum absolute atomic E-state index is 0.0907. The number of benzene rings is 1. The number of hydrogen-bond donors (Lipinski definition) is 0. The molecule has 0 radical (unpaired) electrons. The molecular weight excluding hydrogens is 288 g/mol. The minimum Gasteiger partial charge on any atom is -0.371 e. The Bertz CT molecular complexity index is 387. The summed E-state index contributed by atoms with van der Waals surface area (Å²) in [5, 5.41) is 10.6. The number of nitro groups is 1. The lowest BCUT2D eigenvalue weighted by atomic mass is 10.2. The van der Waals surface area contributed by atoms with Crippen LogP contribution in [-0.4, -0.2) is 18.0 Å². The molecule has 0 unspecified atom stereocenters. The number of rotatable bonds is 5. The predicted molar refractivity (Wildman–Crippen MR) is 56.5 cm³/mol. The molecule has 1 rings (SSSR count). The van der Waals surface area contributed by atoms with Crippen molar-refractivity contribution in [2.75, 3.05) is 6.61 Å². The summed E-state index contributed by atoms with van der Waals surface area (Å²) < 4.78 is 28.6. The summed E-state index contributed by atoms with van der Waals surface area (Å²) in [4.78, 5) is 10.0. The minimum atomic E-state index is -2.54. The van der Waals surface area contributed by atoms with Crippen molar-refractivity contribution in [3.05, 3.63) is 38.3 Å². The van der Waals surface area contributed by atoms with Gasteiger partial charge in [-0.05, 0) is 21.5 Å². The molecule has 0 spiro atoms. The maximum absolute atomic E-state index is 11.8. The van der Waals surface area contributed by atoms with E-state index in [0.717, 1.165) is 0 Å². The van der Waals surface area contributed by atoms with Crippen LogP contribution in [-0.2, 0) is 11.3 Å². The Kier molecular flexibility index (Phi) is 4.75. The highest BCUT2D eigenvalue weighted by Crippen LogP contribution is 2.28. The Morgan fingerprint density at radius 1 is 1.50 bits per heavy atom. The van der Waals surface area contributed by atoms with Gasteiger partial charge in [0.1, 0.15) is 11.1 Å². The summed E-state index contributed by atoms with van der Waals surface area (Å²) in [6.07, 6.45) is -2.54. The quantitative estimate of drug-likeness (QED) is 0.619. The summed E-state index contributed by atoms with van der Waals surface area (Å²) in [7, 11) is 0. The van der Waals surface area contributed by atoms with Crippen LogP contribution < -0.4 is 0 Å². The van der Waals surface area contributed by atoms with E-state index < -0.39 is 18.0 Å². The predicted octanol–water partition coefficient (Wildman–Crippen LogP) is 3.14. The summed E-state index contributed by atoms with van der Waals surface area (Å²) >= 11 is 3.04. The lowest BCUT2D eigenvalue weighted by Crippen LogP contribution is -2.05. The zero-order valence-corrected chi connectivity index (χ0v) is 9.62. The van der Waals surface area contributed by atoms with Crippen LogP contribution in [0.3, 0.4) is 0 Å². The third kappa shape index (κ3) is 3.49. The first-order chi connectivity index (χ1) is 7.52. The van der Waals surface area contributed by atoms with Crippen molar-refractivity contribution in [1.29, 1.82) is 0 Å². The van der Waals surface area contributed by atoms with Gasteiger partial charge in [-0.1, -0.05) is 12.1 Å². The first-order valence-corrected chi connectivity index (χ1v) is 5.09. The average molecular weight is 296 g/mol. The maximum Gasteiger partial charge on any atom is 0.283 e. The highest BCUT2D eigenvalue weighted by atomic mass is 79.9. The molecule has 0 fully saturated rings. The second kappa shape index (κ2) is 5.86. The van der Waals surface area contributed by atoms with E-state index in [1.165, 1.54) is 12.1 Å². The topological polar surface area (TPSA) is 52.4 Å². The number of ether oxygens (including phenoxy) is 1. The van der Waals surface area contributed by atoms with E-state index in [4.69, 9.17) is 4.74 Å². The van der Waals surface area contributed by atoms with Crippen molar-refractivity contribution in [2.45, 2.75) is 13.0 Å². The summed E-state index contributed by atoms with van der Waals surface area (Å²) in [5.41, 5.74) is 0.355. The standard InChI is InChI=1S/C9H8BrF2NO3/c10-9-6(4-16-5-8(11)12)2-1-3-7(9)13(14)15/h1-3,8H,4-5H2. The normalized spacial score (nSPS) is 10.8. The molecule has 0 aliphatic heterocycles. The van der Waals surface area contributed by atoms with Crippen LogP contribution in [0.1, 0.15) is 5.56 Å². The first-order valence-electron chi connectivity index (χ1n) is 4.30. The molecule has 0 aromatic heterocycles. The molecule has 0 saturated carbocycles. The van der Waals surface area contributed by atoms with Gasteiger partial charge in [-0.25, -0.2) is 8.78 Å². The van der Waals surface area contributed by atoms with E-state index in [0.29, 0.717) is 5.56 Å². The van der Waals surface area contributed by atoms with Crippen molar-refractivity contribution in [3.8, 4) is 0 Å². The molecule has 0 aliphatic carbocycles. The number of nitrogens with zero attached hydrogens (tertiary/aromatic N) is 1. The first kappa shape index (κ1) is 13.0. The van der Waals surface area contributed by atoms with Gasteiger partial charge in [-0.3, -0.25) is 10.1 Å². The Morgan fingerprint density at radius 2 is 2.19 bits per heavy atom. The highest BCUT2D eigenvalue weighted by Gasteiger charge is 2.15. The highest BCUT2D eigenvalue weighted by molar-refractivity contribution is 9.10. The van der Waals surface area contributed by atoms with Gasteiger partial charge in [0.05, 0.1) is 11.5 Å². The fraction of sp³-hybridized carbons (Fsp3) is 0.333. The molecule has 4 nitrogen and oxygen atoms in total. The Hall–Kier alpha value is -1.08. The zero-order valence-electron chi connectivity index (χ0n) is 8.03. The molecule has 0 atom stereocenters. The van der Waals surface area contributed by atoms with Crippen molar-refractivity contribution in [1.82, 2.24) is 0 Å². The maximum atomic E-state index is 11.8. The largest absolute Gasteiger partial charge is 0.371 e. The summed E-state index contributed by atoms with van der Waals surface area (Å²) in [6.45, 7) is -0.776. The molecule has 0 heterocycles. The fourth-order valence-corrected chi connectivity index (χ4v) is 1.60. The molecule has 88 valence electrons. The number of hydrogen-bond acceptors (Lipinski definition) is 3. The molecule has 16 heavy (non-hydrogen) atoms. The molecule has 7 heteroatoms. The third-order valence-corrected chi connectivity index (χ3v) is 2.67. The number of alkyl halides is 2. The van der Waals surface area contributed by atoms with Gasteiger partial charge in [-0.2, -0.15) is 0 Å². The summed E-state index contributed by atoms with van der Waals surface area (Å²) in [6, 6.07) is 4.37. The van der Waals surface area contributed by atoms with Crippen LogP contribution in [0.2, 0.25) is 0 Å². The van der Waals surface area contributed by atoms with Gasteiger partial charge < -0.3 is 4.74 Å². The Balaban J connectivity index is 2.73. The molecule has 0 aliphatic rings. The van der Waals surface area contributed by atoms with E-state index in [1.807, 2.05) is 0 Å². The molecule has 1 aromatic carbocycles. The van der Waals surface area contributed by atoms with E-state index in [-0.39, 0.29) is 16.8 Å². The smallest absolute Gasteiger partial charge is 0.283 e. The van der Waals surface area contributed by atoms with Gasteiger partial charge in [0, 0.05) is 6.07 Å². The lowest BCUT2D eigenvalue weighted by molar-refractivity contribution is -0.385. The molecule has 0 amide bonds. The second-order valence-electron chi connectivity index (χ2n) is 2.91. The van der Waals surface area contributed by atoms with Crippen molar-refractivity contribution < 1.29 is 18.4 Å². The molecule has 0 bridgehead atoms. The van der Waals surface area contributed by atoms with E-state index in [1.54, 1.807) is 6.07 Å². The van der Waals surface area contributed by atoms with Gasteiger partial charge in [-0.15, -0.1) is 0 Å². The van der Waals surface area contributed by atoms with E-state index in [9.17, 15) is 18.9 Å². The van der Waals surface area contributed by atoms with Gasteiger partial charge in [0.25, 0.3) is 12.1 Å². The van der Waals surface area contributed by atoms with E-state index >= 15 is 0 Å². The van der Waals surface area contributed by atoms with Crippen LogP contribution in [0.4, 0.5) is 14.5 Å². The van der Waals surface area contributed by atoms with Gasteiger partial charge in [0.2, 0.25) is 0 Å². The van der Waals surface area contributed by atoms with Crippen molar-refractivity contribution >= 4 is 21.6 Å². The summed E-state index contributed by atoms with van der Waals surface area (Å²) in [5.74, 6) is 0. The molecule has 0 N–H and O–H groups in total. The van der Waals surface area contributed by atoms with E-state index in [2.05, 4.69) is 15.9 Å². The van der Waals surface area contributed by atoms with Crippen LogP contribution >= 0.6 is 15.9 Å². The number of nitro benzene ring substituents is 1. The zero-order chi connectivity index (χ0) is 12.1. The fourth-order valence-electron chi connectivity index (χ4n) is 1.08. The number of halogens is 3. The van der Waals surface area contributed by atoms with Crippen LogP contribution in [0.25, 0.3) is 0 Å². The Labute approximate surface area is 98.5 Å². The van der Waals surface area contributed by atoms with Gasteiger partial charge >= 0.3 is 0 Å². The molecule has 0 saturated heterocycles. The Morgan fingerprint density at radius 3 is 2.75 bits per heavy atom. The second-order valence-corrected chi connectivity index (χ2v) is 3.71. The average Bonchev–Trinajstić information content (AvgIpc) is 2.19. The van der Waals surface area contributed by atoms with Crippen LogP contribution in [0, 0.1) is 10.1 Å². The van der Waals surface area contributed by atoms with Crippen molar-refractivity contribution in [2.24, 2.45) is 0 Å². The molecular formula is C9H8BrF2NO3. The van der Waals surface area contributed by atoms with Crippen LogP contribution in [0.5, 0.6) is 0 Å². The van der Waals surface area contributed by atoms with Crippen molar-refractivity contribution in [3.63, 3.8) is 0 Å². The van der Waals surface area contributed by atoms with Gasteiger partial charge in [0.15, 0.2) is 0 Å². The lowest BCUT2D eigenvalue weighted by Gasteiger charge is -2.05. The van der Waals surface area contributed by atoms with Crippen LogP contribution in [0.15, 0.2) is 22.7 Å². The third-order valence-electron chi connectivity index (χ3n) is 1.76. The SMILES string of the molecule is O=[N+]([O-])c1cccc(COCC(F)F)c1Br.